The van der Waals surface area contributed by atoms with Crippen molar-refractivity contribution in [2.24, 2.45) is 5.92 Å². The Hall–Kier alpha value is -3.49. The Balaban J connectivity index is 1.31. The third-order valence-electron chi connectivity index (χ3n) is 6.98. The van der Waals surface area contributed by atoms with E-state index in [9.17, 15) is 18.8 Å². The zero-order valence-corrected chi connectivity index (χ0v) is 18.1. The first kappa shape index (κ1) is 20.1. The van der Waals surface area contributed by atoms with E-state index >= 15 is 0 Å². The largest absolute Gasteiger partial charge is 0.337 e. The highest BCUT2D eigenvalue weighted by Gasteiger charge is 2.36. The first-order valence-electron chi connectivity index (χ1n) is 11.5. The molecule has 2 fully saturated rings. The molecule has 1 aliphatic carbocycles. The van der Waals surface area contributed by atoms with Crippen LogP contribution in [0.1, 0.15) is 59.0 Å². The van der Waals surface area contributed by atoms with E-state index < -0.39 is 0 Å². The number of amides is 2. The molecule has 4 heterocycles. The molecule has 1 saturated carbocycles. The van der Waals surface area contributed by atoms with Crippen molar-refractivity contribution in [2.75, 3.05) is 13.1 Å². The summed E-state index contributed by atoms with van der Waals surface area (Å²) in [5, 5.41) is 3.16. The molecule has 170 valence electrons. The summed E-state index contributed by atoms with van der Waals surface area (Å²) in [6.07, 6.45) is 4.04. The van der Waals surface area contributed by atoms with E-state index in [4.69, 9.17) is 4.98 Å². The highest BCUT2D eigenvalue weighted by molar-refractivity contribution is 5.94. The monoisotopic (exact) mass is 449 g/mol. The molecule has 9 heteroatoms. The minimum absolute atomic E-state index is 0.120. The molecule has 1 saturated heterocycles. The predicted molar refractivity (Wildman–Crippen MR) is 117 cm³/mol. The van der Waals surface area contributed by atoms with Gasteiger partial charge in [0.25, 0.3) is 11.5 Å². The second-order valence-corrected chi connectivity index (χ2v) is 9.19. The van der Waals surface area contributed by atoms with Gasteiger partial charge in [-0.3, -0.25) is 19.5 Å². The number of hydrogen-bond donors (Lipinski definition) is 1. The van der Waals surface area contributed by atoms with Crippen LogP contribution in [0.15, 0.2) is 35.1 Å². The zero-order chi connectivity index (χ0) is 22.7. The maximum absolute atomic E-state index is 13.3. The Morgan fingerprint density at radius 2 is 1.88 bits per heavy atom. The molecule has 1 unspecified atom stereocenters. The maximum Gasteiger partial charge on any atom is 0.277 e. The molecule has 2 aromatic heterocycles. The zero-order valence-electron chi connectivity index (χ0n) is 18.1. The highest BCUT2D eigenvalue weighted by Crippen LogP contribution is 2.34. The van der Waals surface area contributed by atoms with E-state index in [0.29, 0.717) is 42.8 Å². The standard InChI is InChI=1S/C24H24FN5O3/c25-16-7-5-15(6-8-16)23(32)29-10-1-2-20(29)19-12-21-26-18-9-11-28(22(31)14-3-4-14)13-17(18)24(33)30(21)27-19/h5-8,12,14,20,27H,1-4,9-11,13H2. The number of rotatable bonds is 3. The molecule has 0 radical (unpaired) electrons. The van der Waals surface area contributed by atoms with Gasteiger partial charge in [0.2, 0.25) is 5.91 Å². The molecule has 3 aliphatic rings. The Morgan fingerprint density at radius 1 is 1.09 bits per heavy atom. The summed E-state index contributed by atoms with van der Waals surface area (Å²) < 4.78 is 14.7. The molecule has 0 bridgehead atoms. The van der Waals surface area contributed by atoms with Crippen LogP contribution in [0.4, 0.5) is 4.39 Å². The number of likely N-dealkylation sites (tertiary alicyclic amines) is 1. The molecule has 8 nitrogen and oxygen atoms in total. The number of nitrogens with zero attached hydrogens (tertiary/aromatic N) is 4. The van der Waals surface area contributed by atoms with Gasteiger partial charge in [-0.25, -0.2) is 13.9 Å². The number of carbonyl (C=O) groups excluding carboxylic acids is 2. The lowest BCUT2D eigenvalue weighted by Gasteiger charge is -2.27. The quantitative estimate of drug-likeness (QED) is 0.665. The molecule has 1 aromatic carbocycles. The summed E-state index contributed by atoms with van der Waals surface area (Å²) in [4.78, 5) is 47.1. The van der Waals surface area contributed by atoms with Crippen molar-refractivity contribution < 1.29 is 14.0 Å². The SMILES string of the molecule is O=C(C1CC1)N1CCc2nc3cc(C4CCCN4C(=O)c4ccc(F)cc4)[nH]n3c(=O)c2C1. The predicted octanol–water partition coefficient (Wildman–Crippen LogP) is 2.43. The molecule has 2 amide bonds. The van der Waals surface area contributed by atoms with Crippen molar-refractivity contribution in [1.29, 1.82) is 0 Å². The molecular formula is C24H24FN5O3. The molecule has 0 spiro atoms. The molecular weight excluding hydrogens is 425 g/mol. The van der Waals surface area contributed by atoms with Crippen LogP contribution in [0.25, 0.3) is 5.65 Å². The van der Waals surface area contributed by atoms with Gasteiger partial charge in [0.1, 0.15) is 5.82 Å². The van der Waals surface area contributed by atoms with E-state index in [1.807, 2.05) is 6.07 Å². The van der Waals surface area contributed by atoms with E-state index in [0.717, 1.165) is 37.1 Å². The van der Waals surface area contributed by atoms with Crippen LogP contribution in [0.5, 0.6) is 0 Å². The summed E-state index contributed by atoms with van der Waals surface area (Å²) in [5.74, 6) is -0.287. The van der Waals surface area contributed by atoms with Gasteiger partial charge >= 0.3 is 0 Å². The summed E-state index contributed by atoms with van der Waals surface area (Å²) in [6.45, 7) is 1.48. The Bertz CT molecular complexity index is 1320. The van der Waals surface area contributed by atoms with Gasteiger partial charge in [-0.2, -0.15) is 0 Å². The van der Waals surface area contributed by atoms with Gasteiger partial charge in [-0.15, -0.1) is 0 Å². The number of H-pyrrole nitrogens is 1. The summed E-state index contributed by atoms with van der Waals surface area (Å²) in [7, 11) is 0. The number of carbonyl (C=O) groups is 2. The number of halogens is 1. The van der Waals surface area contributed by atoms with E-state index in [1.165, 1.54) is 28.8 Å². The van der Waals surface area contributed by atoms with Crippen molar-refractivity contribution in [3.63, 3.8) is 0 Å². The number of aromatic amines is 1. The summed E-state index contributed by atoms with van der Waals surface area (Å²) in [6, 6.07) is 7.18. The van der Waals surface area contributed by atoms with Crippen LogP contribution in [0.2, 0.25) is 0 Å². The first-order valence-corrected chi connectivity index (χ1v) is 11.5. The topological polar surface area (TPSA) is 90.8 Å². The van der Waals surface area contributed by atoms with Crippen LogP contribution < -0.4 is 5.56 Å². The van der Waals surface area contributed by atoms with Crippen molar-refractivity contribution >= 4 is 17.5 Å². The van der Waals surface area contributed by atoms with Crippen molar-refractivity contribution in [3.05, 3.63) is 69.0 Å². The van der Waals surface area contributed by atoms with Gasteiger partial charge in [0, 0.05) is 37.1 Å². The van der Waals surface area contributed by atoms with Crippen LogP contribution in [-0.4, -0.2) is 49.3 Å². The number of hydrogen-bond acceptors (Lipinski definition) is 4. The fourth-order valence-corrected chi connectivity index (χ4v) is 5.04. The van der Waals surface area contributed by atoms with E-state index in [2.05, 4.69) is 5.10 Å². The van der Waals surface area contributed by atoms with E-state index in [1.54, 1.807) is 9.80 Å². The van der Waals surface area contributed by atoms with Gasteiger partial charge < -0.3 is 9.80 Å². The Labute approximate surface area is 189 Å². The Morgan fingerprint density at radius 3 is 2.64 bits per heavy atom. The van der Waals surface area contributed by atoms with E-state index in [-0.39, 0.29) is 35.2 Å². The number of aromatic nitrogens is 3. The van der Waals surface area contributed by atoms with Gasteiger partial charge in [-0.05, 0) is 49.9 Å². The third kappa shape index (κ3) is 3.42. The average molecular weight is 449 g/mol. The molecule has 6 rings (SSSR count). The van der Waals surface area contributed by atoms with Crippen LogP contribution in [0.3, 0.4) is 0 Å². The minimum Gasteiger partial charge on any atom is -0.337 e. The highest BCUT2D eigenvalue weighted by atomic mass is 19.1. The Kier molecular flexibility index (Phi) is 4.60. The lowest BCUT2D eigenvalue weighted by Crippen LogP contribution is -2.40. The van der Waals surface area contributed by atoms with Gasteiger partial charge in [0.05, 0.1) is 29.5 Å². The lowest BCUT2D eigenvalue weighted by molar-refractivity contribution is -0.133. The van der Waals surface area contributed by atoms with Crippen LogP contribution in [0, 0.1) is 11.7 Å². The normalized spacial score (nSPS) is 20.3. The number of nitrogens with one attached hydrogen (secondary N) is 1. The lowest BCUT2D eigenvalue weighted by atomic mass is 10.1. The first-order chi connectivity index (χ1) is 16.0. The maximum atomic E-state index is 13.3. The van der Waals surface area contributed by atoms with Crippen molar-refractivity contribution in [1.82, 2.24) is 24.4 Å². The number of fused-ring (bicyclic) bond motifs is 2. The average Bonchev–Trinajstić information content (AvgIpc) is 3.40. The smallest absolute Gasteiger partial charge is 0.277 e. The van der Waals surface area contributed by atoms with Gasteiger partial charge in [-0.1, -0.05) is 0 Å². The minimum atomic E-state index is -0.382. The summed E-state index contributed by atoms with van der Waals surface area (Å²) in [5.41, 5.74) is 2.83. The second-order valence-electron chi connectivity index (χ2n) is 9.19. The summed E-state index contributed by atoms with van der Waals surface area (Å²) >= 11 is 0. The number of benzene rings is 1. The van der Waals surface area contributed by atoms with Crippen molar-refractivity contribution in [2.45, 2.75) is 44.7 Å². The molecule has 1 atom stereocenters. The molecule has 3 aromatic rings. The fourth-order valence-electron chi connectivity index (χ4n) is 5.04. The molecule has 1 N–H and O–H groups in total. The second kappa shape index (κ2) is 7.54. The van der Waals surface area contributed by atoms with Crippen LogP contribution in [-0.2, 0) is 17.8 Å². The molecule has 33 heavy (non-hydrogen) atoms. The third-order valence-corrected chi connectivity index (χ3v) is 6.98. The molecule has 2 aliphatic heterocycles. The van der Waals surface area contributed by atoms with Crippen molar-refractivity contribution in [3.8, 4) is 0 Å². The van der Waals surface area contributed by atoms with Gasteiger partial charge in [0.15, 0.2) is 5.65 Å². The van der Waals surface area contributed by atoms with Crippen LogP contribution >= 0.6 is 0 Å². The fraction of sp³-hybridized carbons (Fsp3) is 0.417.